The molecule has 0 bridgehead atoms. The molecule has 1 unspecified atom stereocenters. The van der Waals surface area contributed by atoms with Gasteiger partial charge >= 0.3 is 0 Å². The van der Waals surface area contributed by atoms with Crippen molar-refractivity contribution in [2.24, 2.45) is 10.7 Å². The molecule has 1 atom stereocenters. The average Bonchev–Trinajstić information content (AvgIpc) is 3.15. The van der Waals surface area contributed by atoms with Gasteiger partial charge in [-0.1, -0.05) is 12.1 Å². The van der Waals surface area contributed by atoms with Gasteiger partial charge in [0.1, 0.15) is 0 Å². The van der Waals surface area contributed by atoms with Crippen molar-refractivity contribution in [3.8, 4) is 0 Å². The monoisotopic (exact) mass is 384 g/mol. The highest BCUT2D eigenvalue weighted by Crippen LogP contribution is 2.20. The zero-order valence-corrected chi connectivity index (χ0v) is 15.9. The van der Waals surface area contributed by atoms with Gasteiger partial charge in [-0.15, -0.1) is 0 Å². The van der Waals surface area contributed by atoms with E-state index in [2.05, 4.69) is 20.6 Å². The highest BCUT2D eigenvalue weighted by atomic mass is 19.1. The number of nitrogens with zero attached hydrogens (tertiary/aromatic N) is 3. The topological polar surface area (TPSA) is 95.6 Å². The Hall–Kier alpha value is -3.16. The number of aliphatic imine (C=N–C) groups is 1. The SMILES string of the molecule is CCNC(=NCc1ccc(C(N)=O)cc1)NC1CCN(c2ncccc2F)C1. The minimum absolute atomic E-state index is 0.149. The van der Waals surface area contributed by atoms with Crippen LogP contribution in [0.15, 0.2) is 47.6 Å². The molecule has 1 aromatic carbocycles. The molecule has 28 heavy (non-hydrogen) atoms. The van der Waals surface area contributed by atoms with E-state index in [0.29, 0.717) is 30.4 Å². The molecule has 148 valence electrons. The molecule has 4 N–H and O–H groups in total. The van der Waals surface area contributed by atoms with Crippen LogP contribution in [0.1, 0.15) is 29.3 Å². The number of nitrogens with two attached hydrogens (primary N) is 1. The number of carbonyl (C=O) groups is 1. The molecule has 1 amide bonds. The lowest BCUT2D eigenvalue weighted by Crippen LogP contribution is -2.44. The lowest BCUT2D eigenvalue weighted by Gasteiger charge is -2.20. The van der Waals surface area contributed by atoms with E-state index in [1.807, 2.05) is 24.0 Å². The fraction of sp³-hybridized carbons (Fsp3) is 0.350. The number of carbonyl (C=O) groups excluding carboxylic acids is 1. The maximum Gasteiger partial charge on any atom is 0.248 e. The minimum atomic E-state index is -0.444. The Morgan fingerprint density at radius 3 is 2.82 bits per heavy atom. The van der Waals surface area contributed by atoms with Crippen LogP contribution in [0.5, 0.6) is 0 Å². The van der Waals surface area contributed by atoms with Gasteiger partial charge in [-0.25, -0.2) is 14.4 Å². The maximum atomic E-state index is 13.9. The Bertz CT molecular complexity index is 839. The van der Waals surface area contributed by atoms with Crippen LogP contribution in [0.4, 0.5) is 10.2 Å². The van der Waals surface area contributed by atoms with Crippen LogP contribution < -0.4 is 21.3 Å². The highest BCUT2D eigenvalue weighted by Gasteiger charge is 2.25. The maximum absolute atomic E-state index is 13.9. The van der Waals surface area contributed by atoms with E-state index in [1.165, 1.54) is 6.07 Å². The first-order chi connectivity index (χ1) is 13.6. The number of primary amides is 1. The highest BCUT2D eigenvalue weighted by molar-refractivity contribution is 5.92. The fourth-order valence-electron chi connectivity index (χ4n) is 3.14. The van der Waals surface area contributed by atoms with Gasteiger partial charge in [-0.3, -0.25) is 4.79 Å². The number of rotatable bonds is 6. The lowest BCUT2D eigenvalue weighted by molar-refractivity contribution is 0.100. The second kappa shape index (κ2) is 9.16. The summed E-state index contributed by atoms with van der Waals surface area (Å²) in [6.45, 7) is 4.60. The van der Waals surface area contributed by atoms with Gasteiger partial charge < -0.3 is 21.3 Å². The zero-order valence-electron chi connectivity index (χ0n) is 15.9. The molecule has 1 aliphatic rings. The molecule has 1 saturated heterocycles. The third-order valence-corrected chi connectivity index (χ3v) is 4.57. The van der Waals surface area contributed by atoms with E-state index in [-0.39, 0.29) is 11.9 Å². The molecule has 2 heterocycles. The van der Waals surface area contributed by atoms with Crippen LogP contribution in [0.3, 0.4) is 0 Å². The first-order valence-electron chi connectivity index (χ1n) is 9.36. The van der Waals surface area contributed by atoms with Gasteiger partial charge in [0.05, 0.1) is 6.54 Å². The van der Waals surface area contributed by atoms with Gasteiger partial charge in [0.15, 0.2) is 17.6 Å². The largest absolute Gasteiger partial charge is 0.366 e. The number of amides is 1. The standard InChI is InChI=1S/C20H25FN6O/c1-2-23-20(25-12-14-5-7-15(8-6-14)18(22)28)26-16-9-11-27(13-16)19-17(21)4-3-10-24-19/h3-8,10,16H,2,9,11-13H2,1H3,(H2,22,28)(H2,23,25,26). The summed E-state index contributed by atoms with van der Waals surface area (Å²) >= 11 is 0. The smallest absolute Gasteiger partial charge is 0.248 e. The van der Waals surface area contributed by atoms with Crippen LogP contribution in [-0.4, -0.2) is 42.5 Å². The average molecular weight is 384 g/mol. The quantitative estimate of drug-likeness (QED) is 0.520. The molecule has 0 saturated carbocycles. The second-order valence-electron chi connectivity index (χ2n) is 6.64. The number of halogens is 1. The summed E-state index contributed by atoms with van der Waals surface area (Å²) in [6.07, 6.45) is 2.47. The Kier molecular flexibility index (Phi) is 6.41. The predicted molar refractivity (Wildman–Crippen MR) is 108 cm³/mol. The molecule has 0 radical (unpaired) electrons. The summed E-state index contributed by atoms with van der Waals surface area (Å²) in [5.74, 6) is 0.349. The molecule has 0 spiro atoms. The summed E-state index contributed by atoms with van der Waals surface area (Å²) in [4.78, 5) is 21.9. The molecular formula is C20H25FN6O. The predicted octanol–water partition coefficient (Wildman–Crippen LogP) is 1.65. The summed E-state index contributed by atoms with van der Waals surface area (Å²) < 4.78 is 13.9. The van der Waals surface area contributed by atoms with Gasteiger partial charge in [-0.2, -0.15) is 0 Å². The molecule has 1 aromatic heterocycles. The molecule has 8 heteroatoms. The van der Waals surface area contributed by atoms with E-state index < -0.39 is 5.91 Å². The normalized spacial score (nSPS) is 16.9. The Labute approximate surface area is 163 Å². The van der Waals surface area contributed by atoms with E-state index >= 15 is 0 Å². The van der Waals surface area contributed by atoms with Crippen molar-refractivity contribution in [3.05, 3.63) is 59.5 Å². The Balaban J connectivity index is 1.60. The first kappa shape index (κ1) is 19.6. The summed E-state index contributed by atoms with van der Waals surface area (Å²) in [5.41, 5.74) is 6.72. The van der Waals surface area contributed by atoms with Crippen molar-refractivity contribution in [1.29, 1.82) is 0 Å². The number of nitrogens with one attached hydrogen (secondary N) is 2. The van der Waals surface area contributed by atoms with Gasteiger partial charge in [0.2, 0.25) is 5.91 Å². The van der Waals surface area contributed by atoms with Crippen molar-refractivity contribution in [2.45, 2.75) is 25.9 Å². The number of guanidine groups is 1. The van der Waals surface area contributed by atoms with Crippen LogP contribution in [0, 0.1) is 5.82 Å². The fourth-order valence-corrected chi connectivity index (χ4v) is 3.14. The van der Waals surface area contributed by atoms with Crippen molar-refractivity contribution < 1.29 is 9.18 Å². The third kappa shape index (κ3) is 4.97. The molecular weight excluding hydrogens is 359 g/mol. The molecule has 0 aliphatic carbocycles. The van der Waals surface area contributed by atoms with Gasteiger partial charge in [0.25, 0.3) is 0 Å². The zero-order chi connectivity index (χ0) is 19.9. The minimum Gasteiger partial charge on any atom is -0.366 e. The number of anilines is 1. The molecule has 7 nitrogen and oxygen atoms in total. The van der Waals surface area contributed by atoms with E-state index in [4.69, 9.17) is 5.73 Å². The van der Waals surface area contributed by atoms with E-state index in [0.717, 1.165) is 25.1 Å². The van der Waals surface area contributed by atoms with Crippen LogP contribution in [-0.2, 0) is 6.54 Å². The van der Waals surface area contributed by atoms with Gasteiger partial charge in [-0.05, 0) is 43.2 Å². The van der Waals surface area contributed by atoms with Crippen molar-refractivity contribution in [3.63, 3.8) is 0 Å². The number of hydrogen-bond acceptors (Lipinski definition) is 4. The third-order valence-electron chi connectivity index (χ3n) is 4.57. The molecule has 1 fully saturated rings. The van der Waals surface area contributed by atoms with E-state index in [9.17, 15) is 9.18 Å². The van der Waals surface area contributed by atoms with E-state index in [1.54, 1.807) is 24.4 Å². The Morgan fingerprint density at radius 1 is 1.36 bits per heavy atom. The summed E-state index contributed by atoms with van der Waals surface area (Å²) in [5, 5.41) is 6.64. The molecule has 1 aliphatic heterocycles. The Morgan fingerprint density at radius 2 is 2.14 bits per heavy atom. The second-order valence-corrected chi connectivity index (χ2v) is 6.64. The molecule has 2 aromatic rings. The molecule has 3 rings (SSSR count). The number of benzene rings is 1. The van der Waals surface area contributed by atoms with Crippen molar-refractivity contribution in [1.82, 2.24) is 15.6 Å². The van der Waals surface area contributed by atoms with Crippen molar-refractivity contribution in [2.75, 3.05) is 24.5 Å². The number of aromatic nitrogens is 1. The van der Waals surface area contributed by atoms with Crippen molar-refractivity contribution >= 4 is 17.7 Å². The van der Waals surface area contributed by atoms with Crippen LogP contribution in [0.2, 0.25) is 0 Å². The summed E-state index contributed by atoms with van der Waals surface area (Å²) in [6, 6.07) is 10.3. The first-order valence-corrected chi connectivity index (χ1v) is 9.36. The lowest BCUT2D eigenvalue weighted by atomic mass is 10.1. The number of hydrogen-bond donors (Lipinski definition) is 3. The van der Waals surface area contributed by atoms with Gasteiger partial charge in [0, 0.05) is 37.4 Å². The number of pyridine rings is 1. The summed E-state index contributed by atoms with van der Waals surface area (Å²) in [7, 11) is 0. The van der Waals surface area contributed by atoms with Crippen LogP contribution in [0.25, 0.3) is 0 Å². The van der Waals surface area contributed by atoms with Crippen LogP contribution >= 0.6 is 0 Å².